The fourth-order valence-electron chi connectivity index (χ4n) is 4.90. The van der Waals surface area contributed by atoms with Crippen molar-refractivity contribution in [2.75, 3.05) is 25.1 Å². The van der Waals surface area contributed by atoms with Gasteiger partial charge < -0.3 is 19.6 Å². The number of amides is 1. The van der Waals surface area contributed by atoms with E-state index in [4.69, 9.17) is 4.74 Å². The number of benzene rings is 3. The third kappa shape index (κ3) is 5.10. The first-order valence-electron chi connectivity index (χ1n) is 12.6. The van der Waals surface area contributed by atoms with Gasteiger partial charge in [0.1, 0.15) is 11.5 Å². The zero-order chi connectivity index (χ0) is 26.7. The Balaban J connectivity index is 1.84. The van der Waals surface area contributed by atoms with Gasteiger partial charge in [0.05, 0.1) is 18.7 Å². The van der Waals surface area contributed by atoms with Crippen LogP contribution in [-0.2, 0) is 16.1 Å². The number of hydrogen-bond donors (Lipinski definition) is 1. The van der Waals surface area contributed by atoms with E-state index in [-0.39, 0.29) is 17.9 Å². The smallest absolute Gasteiger partial charge is 0.295 e. The second kappa shape index (κ2) is 10.9. The average Bonchev–Trinajstić information content (AvgIpc) is 3.16. The molecule has 0 saturated carbocycles. The van der Waals surface area contributed by atoms with Crippen LogP contribution in [0.15, 0.2) is 72.3 Å². The topological polar surface area (TPSA) is 70.1 Å². The highest BCUT2D eigenvalue weighted by Crippen LogP contribution is 2.41. The van der Waals surface area contributed by atoms with Gasteiger partial charge in [-0.05, 0) is 80.8 Å². The first kappa shape index (κ1) is 26.0. The Morgan fingerprint density at radius 3 is 2.19 bits per heavy atom. The van der Waals surface area contributed by atoms with Gasteiger partial charge in [0, 0.05) is 30.9 Å². The van der Waals surface area contributed by atoms with Crippen LogP contribution in [0.25, 0.3) is 5.76 Å². The molecule has 1 amide bonds. The van der Waals surface area contributed by atoms with Gasteiger partial charge in [0.15, 0.2) is 0 Å². The molecule has 1 fully saturated rings. The van der Waals surface area contributed by atoms with Gasteiger partial charge in [-0.25, -0.2) is 0 Å². The van der Waals surface area contributed by atoms with Crippen LogP contribution in [0.5, 0.6) is 5.75 Å². The number of rotatable bonds is 8. The molecule has 1 aliphatic heterocycles. The van der Waals surface area contributed by atoms with Crippen molar-refractivity contribution in [1.29, 1.82) is 0 Å². The van der Waals surface area contributed by atoms with Crippen LogP contribution >= 0.6 is 0 Å². The van der Waals surface area contributed by atoms with E-state index < -0.39 is 17.7 Å². The quantitative estimate of drug-likeness (QED) is 0.242. The molecule has 1 atom stereocenters. The van der Waals surface area contributed by atoms with Crippen molar-refractivity contribution in [2.24, 2.45) is 0 Å². The zero-order valence-electron chi connectivity index (χ0n) is 22.1. The fourth-order valence-corrected chi connectivity index (χ4v) is 4.90. The summed E-state index contributed by atoms with van der Waals surface area (Å²) in [6, 6.07) is 20.1. The average molecular weight is 499 g/mol. The SMILES string of the molecule is CCN(CC)c1ccc(C2/C(=C(/O)c3ccc(OC)cc3)C(=O)C(=O)N2Cc2cc(C)ccc2C)cc1. The summed E-state index contributed by atoms with van der Waals surface area (Å²) in [7, 11) is 1.57. The van der Waals surface area contributed by atoms with Crippen molar-refractivity contribution in [3.8, 4) is 5.75 Å². The van der Waals surface area contributed by atoms with E-state index in [1.54, 1.807) is 36.3 Å². The van der Waals surface area contributed by atoms with Crippen molar-refractivity contribution in [3.63, 3.8) is 0 Å². The Kier molecular flexibility index (Phi) is 7.67. The highest BCUT2D eigenvalue weighted by atomic mass is 16.5. The monoisotopic (exact) mass is 498 g/mol. The molecule has 1 unspecified atom stereocenters. The molecule has 1 saturated heterocycles. The molecular weight excluding hydrogens is 464 g/mol. The Bertz CT molecular complexity index is 1320. The molecule has 0 aromatic heterocycles. The lowest BCUT2D eigenvalue weighted by Gasteiger charge is -2.27. The number of Topliss-reactive ketones (excluding diaryl/α,β-unsaturated/α-hetero) is 1. The van der Waals surface area contributed by atoms with E-state index in [0.717, 1.165) is 41.0 Å². The summed E-state index contributed by atoms with van der Waals surface area (Å²) in [4.78, 5) is 30.6. The van der Waals surface area contributed by atoms with Crippen LogP contribution in [-0.4, -0.2) is 41.9 Å². The molecule has 0 bridgehead atoms. The van der Waals surface area contributed by atoms with Gasteiger partial charge in [0.25, 0.3) is 11.7 Å². The number of aliphatic hydroxyl groups excluding tert-OH is 1. The lowest BCUT2D eigenvalue weighted by Crippen LogP contribution is -2.29. The van der Waals surface area contributed by atoms with Gasteiger partial charge in [-0.15, -0.1) is 0 Å². The number of carbonyl (C=O) groups excluding carboxylic acids is 2. The molecule has 4 rings (SSSR count). The zero-order valence-corrected chi connectivity index (χ0v) is 22.1. The maximum absolute atomic E-state index is 13.4. The molecule has 0 radical (unpaired) electrons. The first-order valence-corrected chi connectivity index (χ1v) is 12.6. The molecule has 0 aliphatic carbocycles. The largest absolute Gasteiger partial charge is 0.507 e. The van der Waals surface area contributed by atoms with Gasteiger partial charge in [-0.1, -0.05) is 35.9 Å². The number of hydrogen-bond acceptors (Lipinski definition) is 5. The van der Waals surface area contributed by atoms with E-state index in [9.17, 15) is 14.7 Å². The molecular formula is C31H34N2O4. The minimum atomic E-state index is -0.715. The Morgan fingerprint density at radius 2 is 1.59 bits per heavy atom. The number of aliphatic hydroxyl groups is 1. The van der Waals surface area contributed by atoms with Crippen molar-refractivity contribution in [3.05, 3.63) is 100 Å². The number of ketones is 1. The Hall–Kier alpha value is -4.06. The molecule has 1 N–H and O–H groups in total. The van der Waals surface area contributed by atoms with Gasteiger partial charge in [-0.2, -0.15) is 0 Å². The summed E-state index contributed by atoms with van der Waals surface area (Å²) in [5, 5.41) is 11.3. The number of aryl methyl sites for hydroxylation is 2. The van der Waals surface area contributed by atoms with Crippen LogP contribution in [0.4, 0.5) is 5.69 Å². The number of anilines is 1. The standard InChI is InChI=1S/C31H34N2O4/c1-6-32(7-2)25-14-10-22(11-15-25)28-27(29(34)23-12-16-26(37-5)17-13-23)30(35)31(36)33(28)19-24-18-20(3)8-9-21(24)4/h8-18,28,34H,6-7,19H2,1-5H3/b29-27-. The first-order chi connectivity index (χ1) is 17.8. The summed E-state index contributed by atoms with van der Waals surface area (Å²) in [5.41, 5.74) is 5.47. The highest BCUT2D eigenvalue weighted by Gasteiger charge is 2.46. The van der Waals surface area contributed by atoms with Gasteiger partial charge in [0.2, 0.25) is 0 Å². The van der Waals surface area contributed by atoms with Crippen molar-refractivity contribution in [1.82, 2.24) is 4.90 Å². The van der Waals surface area contributed by atoms with Crippen molar-refractivity contribution in [2.45, 2.75) is 40.3 Å². The van der Waals surface area contributed by atoms with E-state index in [2.05, 4.69) is 18.7 Å². The molecule has 6 heteroatoms. The minimum absolute atomic E-state index is 0.0936. The van der Waals surface area contributed by atoms with Crippen LogP contribution in [0.3, 0.4) is 0 Å². The number of nitrogens with zero attached hydrogens (tertiary/aromatic N) is 2. The third-order valence-electron chi connectivity index (χ3n) is 7.09. The molecule has 3 aromatic rings. The molecule has 37 heavy (non-hydrogen) atoms. The molecule has 0 spiro atoms. The third-order valence-corrected chi connectivity index (χ3v) is 7.09. The van der Waals surface area contributed by atoms with Gasteiger partial charge >= 0.3 is 0 Å². The van der Waals surface area contributed by atoms with E-state index in [1.807, 2.05) is 56.3 Å². The molecule has 6 nitrogen and oxygen atoms in total. The number of ether oxygens (including phenoxy) is 1. The summed E-state index contributed by atoms with van der Waals surface area (Å²) in [5.74, 6) is -0.858. The summed E-state index contributed by atoms with van der Waals surface area (Å²) in [6.45, 7) is 10.2. The lowest BCUT2D eigenvalue weighted by molar-refractivity contribution is -0.140. The maximum Gasteiger partial charge on any atom is 0.295 e. The number of carbonyl (C=O) groups is 2. The van der Waals surface area contributed by atoms with Crippen LogP contribution in [0.1, 0.15) is 47.7 Å². The lowest BCUT2D eigenvalue weighted by atomic mass is 9.94. The summed E-state index contributed by atoms with van der Waals surface area (Å²) < 4.78 is 5.23. The Morgan fingerprint density at radius 1 is 0.946 bits per heavy atom. The molecule has 192 valence electrons. The van der Waals surface area contributed by atoms with E-state index in [1.165, 1.54) is 0 Å². The molecule has 1 aliphatic rings. The second-order valence-corrected chi connectivity index (χ2v) is 9.35. The predicted octanol–water partition coefficient (Wildman–Crippen LogP) is 5.78. The van der Waals surface area contributed by atoms with Gasteiger partial charge in [-0.3, -0.25) is 9.59 Å². The van der Waals surface area contributed by atoms with Crippen LogP contribution in [0, 0.1) is 13.8 Å². The minimum Gasteiger partial charge on any atom is -0.507 e. The highest BCUT2D eigenvalue weighted by molar-refractivity contribution is 6.46. The fraction of sp³-hybridized carbons (Fsp3) is 0.290. The Labute approximate surface area is 218 Å². The molecule has 3 aromatic carbocycles. The van der Waals surface area contributed by atoms with E-state index in [0.29, 0.717) is 11.3 Å². The number of likely N-dealkylation sites (tertiary alicyclic amines) is 1. The van der Waals surface area contributed by atoms with E-state index >= 15 is 0 Å². The predicted molar refractivity (Wildman–Crippen MR) is 147 cm³/mol. The summed E-state index contributed by atoms with van der Waals surface area (Å²) >= 11 is 0. The van der Waals surface area contributed by atoms with Crippen molar-refractivity contribution < 1.29 is 19.4 Å². The maximum atomic E-state index is 13.4. The molecule has 1 heterocycles. The second-order valence-electron chi connectivity index (χ2n) is 9.35. The van der Waals surface area contributed by atoms with Crippen LogP contribution in [0.2, 0.25) is 0 Å². The number of methoxy groups -OCH3 is 1. The summed E-state index contributed by atoms with van der Waals surface area (Å²) in [6.07, 6.45) is 0. The normalized spacial score (nSPS) is 16.8. The van der Waals surface area contributed by atoms with Crippen LogP contribution < -0.4 is 9.64 Å². The van der Waals surface area contributed by atoms with Crippen molar-refractivity contribution >= 4 is 23.1 Å².